The van der Waals surface area contributed by atoms with Crippen molar-refractivity contribution in [3.05, 3.63) is 70.6 Å². The fourth-order valence-corrected chi connectivity index (χ4v) is 2.26. The quantitative estimate of drug-likeness (QED) is 0.608. The van der Waals surface area contributed by atoms with Gasteiger partial charge in [-0.3, -0.25) is 0 Å². The Morgan fingerprint density at radius 3 is 2.46 bits per heavy atom. The highest BCUT2D eigenvalue weighted by molar-refractivity contribution is 6.30. The first-order valence-corrected chi connectivity index (χ1v) is 7.64. The summed E-state index contributed by atoms with van der Waals surface area (Å²) in [6, 6.07) is 10.9. The first-order valence-electron chi connectivity index (χ1n) is 7.26. The van der Waals surface area contributed by atoms with Gasteiger partial charge in [-0.25, -0.2) is 4.79 Å². The summed E-state index contributed by atoms with van der Waals surface area (Å²) < 4.78 is 49.0. The average Bonchev–Trinajstić information content (AvgIpc) is 3.08. The second kappa shape index (κ2) is 7.17. The summed E-state index contributed by atoms with van der Waals surface area (Å²) in [5, 5.41) is 8.03. The van der Waals surface area contributed by atoms with Crippen LogP contribution in [0.2, 0.25) is 5.02 Å². The van der Waals surface area contributed by atoms with E-state index >= 15 is 0 Å². The van der Waals surface area contributed by atoms with Gasteiger partial charge in [-0.1, -0.05) is 23.7 Å². The molecular formula is C17H10ClF3N2O3. The van der Waals surface area contributed by atoms with E-state index in [1.807, 2.05) is 0 Å². The number of halogens is 4. The van der Waals surface area contributed by atoms with E-state index in [0.29, 0.717) is 10.6 Å². The summed E-state index contributed by atoms with van der Waals surface area (Å²) in [5.74, 6) is -1.01. The summed E-state index contributed by atoms with van der Waals surface area (Å²) in [4.78, 5) is 12.0. The lowest BCUT2D eigenvalue weighted by molar-refractivity contribution is -0.138. The Hall–Kier alpha value is -2.87. The number of benzene rings is 2. The molecule has 26 heavy (non-hydrogen) atoms. The van der Waals surface area contributed by atoms with Crippen LogP contribution in [0.15, 0.2) is 52.9 Å². The van der Waals surface area contributed by atoms with Gasteiger partial charge in [-0.15, -0.1) is 10.2 Å². The molecule has 5 nitrogen and oxygen atoms in total. The van der Waals surface area contributed by atoms with Crippen LogP contribution < -0.4 is 0 Å². The Kier molecular flexibility index (Phi) is 4.94. The highest BCUT2D eigenvalue weighted by atomic mass is 35.5. The molecule has 1 heterocycles. The zero-order chi connectivity index (χ0) is 18.7. The van der Waals surface area contributed by atoms with Crippen LogP contribution in [0.5, 0.6) is 0 Å². The maximum absolute atomic E-state index is 12.9. The minimum absolute atomic E-state index is 0.0483. The topological polar surface area (TPSA) is 65.2 Å². The van der Waals surface area contributed by atoms with Gasteiger partial charge < -0.3 is 9.15 Å². The van der Waals surface area contributed by atoms with E-state index in [2.05, 4.69) is 10.2 Å². The Morgan fingerprint density at radius 1 is 1.08 bits per heavy atom. The molecule has 0 fully saturated rings. The van der Waals surface area contributed by atoms with Crippen LogP contribution in [-0.2, 0) is 17.5 Å². The minimum atomic E-state index is -4.66. The molecule has 0 unspecified atom stereocenters. The number of aromatic nitrogens is 2. The van der Waals surface area contributed by atoms with Crippen LogP contribution in [0.25, 0.3) is 11.5 Å². The highest BCUT2D eigenvalue weighted by Crippen LogP contribution is 2.32. The fourth-order valence-electron chi connectivity index (χ4n) is 2.13. The molecule has 2 aromatic carbocycles. The molecule has 0 aliphatic heterocycles. The van der Waals surface area contributed by atoms with E-state index in [9.17, 15) is 18.0 Å². The normalized spacial score (nSPS) is 11.4. The molecule has 0 aliphatic rings. The minimum Gasteiger partial charge on any atom is -0.452 e. The molecule has 9 heteroatoms. The van der Waals surface area contributed by atoms with Crippen LogP contribution in [0.4, 0.5) is 13.2 Å². The number of esters is 1. The van der Waals surface area contributed by atoms with Crippen LogP contribution >= 0.6 is 11.6 Å². The molecule has 0 saturated heterocycles. The predicted molar refractivity (Wildman–Crippen MR) is 85.3 cm³/mol. The number of carbonyl (C=O) groups excluding carboxylic acids is 1. The number of hydrogen-bond acceptors (Lipinski definition) is 5. The summed E-state index contributed by atoms with van der Waals surface area (Å²) in [6.07, 6.45) is -4.66. The van der Waals surface area contributed by atoms with E-state index in [1.54, 1.807) is 24.3 Å². The van der Waals surface area contributed by atoms with Crippen LogP contribution in [0, 0.1) is 0 Å². The molecule has 0 bridgehead atoms. The number of nitrogens with zero attached hydrogens (tertiary/aromatic N) is 2. The highest BCUT2D eigenvalue weighted by Gasteiger charge is 2.35. The van der Waals surface area contributed by atoms with Crippen LogP contribution in [0.1, 0.15) is 21.8 Å². The summed E-state index contributed by atoms with van der Waals surface area (Å²) >= 11 is 5.79. The number of rotatable bonds is 4. The molecule has 3 aromatic rings. The molecule has 0 radical (unpaired) electrons. The van der Waals surface area contributed by atoms with Crippen molar-refractivity contribution in [3.63, 3.8) is 0 Å². The zero-order valence-corrected chi connectivity index (χ0v) is 13.7. The smallest absolute Gasteiger partial charge is 0.417 e. The molecule has 3 rings (SSSR count). The third kappa shape index (κ3) is 4.02. The first kappa shape index (κ1) is 17.9. The largest absolute Gasteiger partial charge is 0.452 e. The van der Waals surface area contributed by atoms with Crippen LogP contribution in [-0.4, -0.2) is 16.2 Å². The van der Waals surface area contributed by atoms with Gasteiger partial charge in [0.1, 0.15) is 0 Å². The van der Waals surface area contributed by atoms with Crippen LogP contribution in [0.3, 0.4) is 0 Å². The summed E-state index contributed by atoms with van der Waals surface area (Å²) in [5.41, 5.74) is -1.06. The van der Waals surface area contributed by atoms with E-state index in [1.165, 1.54) is 12.1 Å². The predicted octanol–water partition coefficient (Wildman–Crippen LogP) is 4.77. The molecule has 134 valence electrons. The van der Waals surface area contributed by atoms with Crippen molar-refractivity contribution >= 4 is 17.6 Å². The van der Waals surface area contributed by atoms with E-state index < -0.39 is 29.9 Å². The Balaban J connectivity index is 1.70. The second-order valence-electron chi connectivity index (χ2n) is 5.13. The Morgan fingerprint density at radius 2 is 1.77 bits per heavy atom. The van der Waals surface area contributed by atoms with E-state index in [0.717, 1.165) is 12.1 Å². The summed E-state index contributed by atoms with van der Waals surface area (Å²) in [6.45, 7) is -0.453. The van der Waals surface area contributed by atoms with Crippen molar-refractivity contribution < 1.29 is 27.1 Å². The van der Waals surface area contributed by atoms with Crippen molar-refractivity contribution in [1.29, 1.82) is 0 Å². The monoisotopic (exact) mass is 382 g/mol. The molecule has 1 aromatic heterocycles. The second-order valence-corrected chi connectivity index (χ2v) is 5.56. The van der Waals surface area contributed by atoms with Gasteiger partial charge in [-0.2, -0.15) is 13.2 Å². The van der Waals surface area contributed by atoms with E-state index in [-0.39, 0.29) is 11.8 Å². The molecule has 0 spiro atoms. The van der Waals surface area contributed by atoms with Gasteiger partial charge in [0.05, 0.1) is 11.1 Å². The van der Waals surface area contributed by atoms with Crippen molar-refractivity contribution in [1.82, 2.24) is 10.2 Å². The van der Waals surface area contributed by atoms with Gasteiger partial charge in [0.25, 0.3) is 5.89 Å². The lowest BCUT2D eigenvalue weighted by Gasteiger charge is -2.11. The SMILES string of the molecule is O=C(OCc1nnc(-c2ccc(Cl)cc2)o1)c1ccccc1C(F)(F)F. The number of hydrogen-bond donors (Lipinski definition) is 0. The maximum Gasteiger partial charge on any atom is 0.417 e. The van der Waals surface area contributed by atoms with Crippen molar-refractivity contribution in [2.24, 2.45) is 0 Å². The Labute approximate surface area is 150 Å². The van der Waals surface area contributed by atoms with Crippen molar-refractivity contribution in [2.45, 2.75) is 12.8 Å². The van der Waals surface area contributed by atoms with Gasteiger partial charge >= 0.3 is 12.1 Å². The zero-order valence-electron chi connectivity index (χ0n) is 13.0. The summed E-state index contributed by atoms with van der Waals surface area (Å²) in [7, 11) is 0. The third-order valence-electron chi connectivity index (χ3n) is 3.34. The fraction of sp³-hybridized carbons (Fsp3) is 0.118. The van der Waals surface area contributed by atoms with Gasteiger partial charge in [0, 0.05) is 10.6 Å². The number of carbonyl (C=O) groups is 1. The van der Waals surface area contributed by atoms with E-state index in [4.69, 9.17) is 20.8 Å². The van der Waals surface area contributed by atoms with Gasteiger partial charge in [-0.05, 0) is 36.4 Å². The molecule has 0 N–H and O–H groups in total. The van der Waals surface area contributed by atoms with Crippen molar-refractivity contribution in [3.8, 4) is 11.5 Å². The van der Waals surface area contributed by atoms with Gasteiger partial charge in [0.2, 0.25) is 5.89 Å². The molecular weight excluding hydrogens is 373 g/mol. The maximum atomic E-state index is 12.9. The molecule has 0 amide bonds. The molecule has 0 aliphatic carbocycles. The average molecular weight is 383 g/mol. The first-order chi connectivity index (χ1) is 12.3. The van der Waals surface area contributed by atoms with Crippen molar-refractivity contribution in [2.75, 3.05) is 0 Å². The third-order valence-corrected chi connectivity index (χ3v) is 3.59. The standard InChI is InChI=1S/C17H10ClF3N2O3/c18-11-7-5-10(6-8-11)15-23-22-14(26-15)9-25-16(24)12-3-1-2-4-13(12)17(19,20)21/h1-8H,9H2. The Bertz CT molecular complexity index is 924. The lowest BCUT2D eigenvalue weighted by atomic mass is 10.1. The lowest BCUT2D eigenvalue weighted by Crippen LogP contribution is -2.15. The number of alkyl halides is 3. The number of ether oxygens (including phenoxy) is 1. The molecule has 0 saturated carbocycles. The van der Waals surface area contributed by atoms with Gasteiger partial charge in [0.15, 0.2) is 6.61 Å². The molecule has 0 atom stereocenters.